The SMILES string of the molecule is CC(C)CCNC1CCN(c2ccncc2)CC1. The van der Waals surface area contributed by atoms with E-state index in [-0.39, 0.29) is 0 Å². The van der Waals surface area contributed by atoms with Crippen LogP contribution in [0.4, 0.5) is 5.69 Å². The average Bonchev–Trinajstić information content (AvgIpc) is 2.40. The van der Waals surface area contributed by atoms with E-state index in [4.69, 9.17) is 0 Å². The molecule has 1 aromatic rings. The number of hydrogen-bond acceptors (Lipinski definition) is 3. The third kappa shape index (κ3) is 3.98. The van der Waals surface area contributed by atoms with Gasteiger partial charge < -0.3 is 10.2 Å². The summed E-state index contributed by atoms with van der Waals surface area (Å²) in [6, 6.07) is 4.92. The molecular weight excluding hydrogens is 222 g/mol. The summed E-state index contributed by atoms with van der Waals surface area (Å²) >= 11 is 0. The predicted molar refractivity (Wildman–Crippen MR) is 76.9 cm³/mol. The third-order valence-corrected chi connectivity index (χ3v) is 3.68. The van der Waals surface area contributed by atoms with Gasteiger partial charge in [0, 0.05) is 37.2 Å². The maximum atomic E-state index is 4.07. The van der Waals surface area contributed by atoms with Crippen LogP contribution in [0.25, 0.3) is 0 Å². The van der Waals surface area contributed by atoms with Gasteiger partial charge in [0.05, 0.1) is 0 Å². The van der Waals surface area contributed by atoms with Gasteiger partial charge in [-0.05, 0) is 43.9 Å². The summed E-state index contributed by atoms with van der Waals surface area (Å²) in [5.41, 5.74) is 1.31. The van der Waals surface area contributed by atoms with Gasteiger partial charge in [-0.1, -0.05) is 13.8 Å². The number of hydrogen-bond donors (Lipinski definition) is 1. The molecule has 1 aliphatic heterocycles. The van der Waals surface area contributed by atoms with E-state index in [0.717, 1.165) is 25.6 Å². The highest BCUT2D eigenvalue weighted by atomic mass is 15.1. The lowest BCUT2D eigenvalue weighted by Crippen LogP contribution is -2.43. The first-order chi connectivity index (χ1) is 8.75. The largest absolute Gasteiger partial charge is 0.371 e. The van der Waals surface area contributed by atoms with Gasteiger partial charge in [0.2, 0.25) is 0 Å². The van der Waals surface area contributed by atoms with Gasteiger partial charge in [-0.2, -0.15) is 0 Å². The Morgan fingerprint density at radius 1 is 1.28 bits per heavy atom. The van der Waals surface area contributed by atoms with Crippen molar-refractivity contribution in [3.05, 3.63) is 24.5 Å². The van der Waals surface area contributed by atoms with Crippen molar-refractivity contribution in [1.29, 1.82) is 0 Å². The molecular formula is C15H25N3. The summed E-state index contributed by atoms with van der Waals surface area (Å²) in [6.45, 7) is 8.05. The number of pyridine rings is 1. The van der Waals surface area contributed by atoms with Crippen molar-refractivity contribution in [2.24, 2.45) is 5.92 Å². The Bertz CT molecular complexity index is 329. The minimum Gasteiger partial charge on any atom is -0.371 e. The van der Waals surface area contributed by atoms with E-state index < -0.39 is 0 Å². The molecule has 1 fully saturated rings. The molecule has 0 unspecified atom stereocenters. The van der Waals surface area contributed by atoms with Crippen LogP contribution in [0.5, 0.6) is 0 Å². The van der Waals surface area contributed by atoms with Gasteiger partial charge in [-0.3, -0.25) is 4.98 Å². The van der Waals surface area contributed by atoms with E-state index in [9.17, 15) is 0 Å². The van der Waals surface area contributed by atoms with Crippen molar-refractivity contribution in [2.75, 3.05) is 24.5 Å². The summed E-state index contributed by atoms with van der Waals surface area (Å²) < 4.78 is 0. The molecule has 0 spiro atoms. The van der Waals surface area contributed by atoms with Crippen molar-refractivity contribution >= 4 is 5.69 Å². The van der Waals surface area contributed by atoms with Crippen LogP contribution in [0, 0.1) is 5.92 Å². The van der Waals surface area contributed by atoms with Crippen LogP contribution in [0.2, 0.25) is 0 Å². The van der Waals surface area contributed by atoms with E-state index in [0.29, 0.717) is 6.04 Å². The number of rotatable bonds is 5. The van der Waals surface area contributed by atoms with Crippen LogP contribution in [0.15, 0.2) is 24.5 Å². The molecule has 2 heterocycles. The van der Waals surface area contributed by atoms with Crippen molar-refractivity contribution in [3.63, 3.8) is 0 Å². The van der Waals surface area contributed by atoms with Crippen LogP contribution in [0.3, 0.4) is 0 Å². The zero-order chi connectivity index (χ0) is 12.8. The average molecular weight is 247 g/mol. The molecule has 2 rings (SSSR count). The maximum Gasteiger partial charge on any atom is 0.0397 e. The highest BCUT2D eigenvalue weighted by Gasteiger charge is 2.18. The fourth-order valence-electron chi connectivity index (χ4n) is 2.47. The Kier molecular flexibility index (Phi) is 5.00. The lowest BCUT2D eigenvalue weighted by Gasteiger charge is -2.34. The Labute approximate surface area is 111 Å². The molecule has 3 nitrogen and oxygen atoms in total. The zero-order valence-electron chi connectivity index (χ0n) is 11.6. The molecule has 0 aromatic carbocycles. The fraction of sp³-hybridized carbons (Fsp3) is 0.667. The Morgan fingerprint density at radius 2 is 1.94 bits per heavy atom. The highest BCUT2D eigenvalue weighted by molar-refractivity contribution is 5.44. The maximum absolute atomic E-state index is 4.07. The first-order valence-corrected chi connectivity index (χ1v) is 7.14. The van der Waals surface area contributed by atoms with Crippen LogP contribution in [-0.4, -0.2) is 30.7 Å². The molecule has 0 amide bonds. The topological polar surface area (TPSA) is 28.2 Å². The lowest BCUT2D eigenvalue weighted by molar-refractivity contribution is 0.399. The third-order valence-electron chi connectivity index (χ3n) is 3.68. The minimum atomic E-state index is 0.710. The molecule has 0 bridgehead atoms. The van der Waals surface area contributed by atoms with Crippen molar-refractivity contribution in [1.82, 2.24) is 10.3 Å². The molecule has 0 aliphatic carbocycles. The van der Waals surface area contributed by atoms with Gasteiger partial charge in [0.25, 0.3) is 0 Å². The molecule has 1 aromatic heterocycles. The minimum absolute atomic E-state index is 0.710. The molecule has 0 saturated carbocycles. The number of aromatic nitrogens is 1. The normalized spacial score (nSPS) is 17.4. The molecule has 100 valence electrons. The van der Waals surface area contributed by atoms with Crippen molar-refractivity contribution in [3.8, 4) is 0 Å². The van der Waals surface area contributed by atoms with Gasteiger partial charge in [-0.25, -0.2) is 0 Å². The Morgan fingerprint density at radius 3 is 2.56 bits per heavy atom. The smallest absolute Gasteiger partial charge is 0.0397 e. The van der Waals surface area contributed by atoms with Gasteiger partial charge in [0.1, 0.15) is 0 Å². The monoisotopic (exact) mass is 247 g/mol. The second-order valence-electron chi connectivity index (χ2n) is 5.60. The molecule has 0 atom stereocenters. The van der Waals surface area contributed by atoms with E-state index in [1.54, 1.807) is 0 Å². The quantitative estimate of drug-likeness (QED) is 0.867. The number of anilines is 1. The molecule has 1 saturated heterocycles. The summed E-state index contributed by atoms with van der Waals surface area (Å²) in [6.07, 6.45) is 7.54. The van der Waals surface area contributed by atoms with Gasteiger partial charge in [-0.15, -0.1) is 0 Å². The molecule has 3 heteroatoms. The molecule has 0 radical (unpaired) electrons. The summed E-state index contributed by atoms with van der Waals surface area (Å²) in [7, 11) is 0. The number of nitrogens with zero attached hydrogens (tertiary/aromatic N) is 2. The standard InChI is InChI=1S/C15H25N3/c1-13(2)3-10-17-14-6-11-18(12-7-14)15-4-8-16-9-5-15/h4-5,8-9,13-14,17H,3,6-7,10-12H2,1-2H3. The predicted octanol–water partition coefficient (Wildman–Crippen LogP) is 2.69. The van der Waals surface area contributed by atoms with Crippen LogP contribution >= 0.6 is 0 Å². The van der Waals surface area contributed by atoms with E-state index in [2.05, 4.69) is 41.2 Å². The fourth-order valence-corrected chi connectivity index (χ4v) is 2.47. The molecule has 1 N–H and O–H groups in total. The number of piperidine rings is 1. The summed E-state index contributed by atoms with van der Waals surface area (Å²) in [4.78, 5) is 6.53. The first kappa shape index (κ1) is 13.3. The van der Waals surface area contributed by atoms with E-state index >= 15 is 0 Å². The zero-order valence-corrected chi connectivity index (χ0v) is 11.6. The van der Waals surface area contributed by atoms with E-state index in [1.165, 1.54) is 24.9 Å². The van der Waals surface area contributed by atoms with Crippen molar-refractivity contribution < 1.29 is 0 Å². The van der Waals surface area contributed by atoms with Gasteiger partial charge in [0.15, 0.2) is 0 Å². The second-order valence-corrected chi connectivity index (χ2v) is 5.60. The van der Waals surface area contributed by atoms with Crippen LogP contribution in [0.1, 0.15) is 33.1 Å². The second kappa shape index (κ2) is 6.74. The van der Waals surface area contributed by atoms with Gasteiger partial charge >= 0.3 is 0 Å². The van der Waals surface area contributed by atoms with Crippen molar-refractivity contribution in [2.45, 2.75) is 39.2 Å². The Hall–Kier alpha value is -1.09. The molecule has 18 heavy (non-hydrogen) atoms. The highest BCUT2D eigenvalue weighted by Crippen LogP contribution is 2.18. The van der Waals surface area contributed by atoms with Crippen LogP contribution in [-0.2, 0) is 0 Å². The van der Waals surface area contributed by atoms with E-state index in [1.807, 2.05) is 12.4 Å². The Balaban J connectivity index is 1.71. The number of nitrogens with one attached hydrogen (secondary N) is 1. The molecule has 1 aliphatic rings. The van der Waals surface area contributed by atoms with Crippen LogP contribution < -0.4 is 10.2 Å². The first-order valence-electron chi connectivity index (χ1n) is 7.14. The summed E-state index contributed by atoms with van der Waals surface area (Å²) in [5, 5.41) is 3.69. The lowest BCUT2D eigenvalue weighted by atomic mass is 10.0. The summed E-state index contributed by atoms with van der Waals surface area (Å²) in [5.74, 6) is 0.800.